The predicted octanol–water partition coefficient (Wildman–Crippen LogP) is 3.88. The SMILES string of the molecule is CC1CN(c2ccc(CNC(=O)c3cc([N+](=O)[O-])ccc3N3CCCC3)cc2F)CC(C)O1. The molecule has 2 aromatic carbocycles. The van der Waals surface area contributed by atoms with Crippen LogP contribution in [0.3, 0.4) is 0 Å². The van der Waals surface area contributed by atoms with Crippen LogP contribution in [0.2, 0.25) is 0 Å². The number of carbonyl (C=O) groups excluding carboxylic acids is 1. The maximum absolute atomic E-state index is 14.9. The van der Waals surface area contributed by atoms with Crippen molar-refractivity contribution < 1.29 is 18.8 Å². The molecular formula is C24H29FN4O4. The third-order valence-electron chi connectivity index (χ3n) is 6.11. The van der Waals surface area contributed by atoms with E-state index < -0.39 is 10.8 Å². The number of nitro benzene ring substituents is 1. The van der Waals surface area contributed by atoms with Gasteiger partial charge in [0, 0.05) is 44.9 Å². The fraction of sp³-hybridized carbons (Fsp3) is 0.458. The van der Waals surface area contributed by atoms with Crippen molar-refractivity contribution in [2.24, 2.45) is 0 Å². The Bertz CT molecular complexity index is 1030. The Labute approximate surface area is 192 Å². The van der Waals surface area contributed by atoms with Crippen LogP contribution in [-0.4, -0.2) is 49.2 Å². The highest BCUT2D eigenvalue weighted by molar-refractivity contribution is 6.00. The molecule has 2 aliphatic heterocycles. The van der Waals surface area contributed by atoms with E-state index in [9.17, 15) is 19.3 Å². The van der Waals surface area contributed by atoms with Crippen molar-refractivity contribution in [3.63, 3.8) is 0 Å². The number of nitro groups is 1. The maximum Gasteiger partial charge on any atom is 0.270 e. The van der Waals surface area contributed by atoms with Gasteiger partial charge in [-0.2, -0.15) is 0 Å². The Morgan fingerprint density at radius 3 is 2.39 bits per heavy atom. The smallest absolute Gasteiger partial charge is 0.270 e. The standard InChI is InChI=1S/C24H29FN4O4/c1-16-14-28(15-17(2)33-16)23-7-5-18(11-21(23)25)13-26-24(30)20-12-19(29(31)32)6-8-22(20)27-9-3-4-10-27/h5-8,11-12,16-17H,3-4,9-10,13-15H2,1-2H3,(H,26,30). The zero-order valence-corrected chi connectivity index (χ0v) is 18.9. The van der Waals surface area contributed by atoms with E-state index in [1.807, 2.05) is 18.7 Å². The molecule has 0 spiro atoms. The normalized spacial score (nSPS) is 20.7. The number of rotatable bonds is 6. The van der Waals surface area contributed by atoms with Crippen molar-refractivity contribution in [3.05, 3.63) is 63.5 Å². The summed E-state index contributed by atoms with van der Waals surface area (Å²) in [5.41, 5.74) is 1.95. The summed E-state index contributed by atoms with van der Waals surface area (Å²) in [4.78, 5) is 27.7. The van der Waals surface area contributed by atoms with Crippen molar-refractivity contribution in [2.45, 2.75) is 45.4 Å². The highest BCUT2D eigenvalue weighted by Crippen LogP contribution is 2.29. The second kappa shape index (κ2) is 9.74. The maximum atomic E-state index is 14.9. The van der Waals surface area contributed by atoms with E-state index in [1.165, 1.54) is 18.2 Å². The Balaban J connectivity index is 1.48. The molecule has 0 bridgehead atoms. The monoisotopic (exact) mass is 456 g/mol. The first-order valence-corrected chi connectivity index (χ1v) is 11.3. The Morgan fingerprint density at radius 1 is 1.09 bits per heavy atom. The van der Waals surface area contributed by atoms with Crippen molar-refractivity contribution in [2.75, 3.05) is 36.0 Å². The Hall–Kier alpha value is -3.20. The van der Waals surface area contributed by atoms with E-state index in [0.29, 0.717) is 30.0 Å². The third kappa shape index (κ3) is 5.24. The van der Waals surface area contributed by atoms with Crippen LogP contribution in [0, 0.1) is 15.9 Å². The van der Waals surface area contributed by atoms with Gasteiger partial charge in [-0.15, -0.1) is 0 Å². The lowest BCUT2D eigenvalue weighted by molar-refractivity contribution is -0.384. The van der Waals surface area contributed by atoms with Crippen LogP contribution >= 0.6 is 0 Å². The van der Waals surface area contributed by atoms with Crippen LogP contribution in [-0.2, 0) is 11.3 Å². The van der Waals surface area contributed by atoms with Crippen LogP contribution in [0.25, 0.3) is 0 Å². The Morgan fingerprint density at radius 2 is 1.76 bits per heavy atom. The van der Waals surface area contributed by atoms with Gasteiger partial charge in [0.15, 0.2) is 0 Å². The molecule has 8 nitrogen and oxygen atoms in total. The van der Waals surface area contributed by atoms with Crippen LogP contribution in [0.5, 0.6) is 0 Å². The minimum atomic E-state index is -0.508. The number of halogens is 1. The number of nitrogens with one attached hydrogen (secondary N) is 1. The van der Waals surface area contributed by atoms with Gasteiger partial charge < -0.3 is 19.9 Å². The zero-order valence-electron chi connectivity index (χ0n) is 18.9. The molecule has 2 fully saturated rings. The number of anilines is 2. The van der Waals surface area contributed by atoms with E-state index >= 15 is 0 Å². The number of non-ortho nitro benzene ring substituents is 1. The molecule has 1 amide bonds. The van der Waals surface area contributed by atoms with Gasteiger partial charge in [0.05, 0.1) is 34.1 Å². The molecule has 2 saturated heterocycles. The predicted molar refractivity (Wildman–Crippen MR) is 124 cm³/mol. The summed E-state index contributed by atoms with van der Waals surface area (Å²) in [7, 11) is 0. The van der Waals surface area contributed by atoms with Crippen molar-refractivity contribution in [3.8, 4) is 0 Å². The molecule has 2 heterocycles. The summed E-state index contributed by atoms with van der Waals surface area (Å²) in [5, 5.41) is 14.0. The molecule has 176 valence electrons. The largest absolute Gasteiger partial charge is 0.372 e. The molecule has 2 aliphatic rings. The van der Waals surface area contributed by atoms with Crippen LogP contribution < -0.4 is 15.1 Å². The lowest BCUT2D eigenvalue weighted by atomic mass is 10.1. The second-order valence-corrected chi connectivity index (χ2v) is 8.78. The molecule has 0 radical (unpaired) electrons. The first-order valence-electron chi connectivity index (χ1n) is 11.3. The van der Waals surface area contributed by atoms with Gasteiger partial charge in [0.1, 0.15) is 5.82 Å². The number of morpholine rings is 1. The Kier molecular flexibility index (Phi) is 6.78. The van der Waals surface area contributed by atoms with E-state index in [0.717, 1.165) is 25.9 Å². The lowest BCUT2D eigenvalue weighted by Crippen LogP contribution is -2.45. The molecule has 1 N–H and O–H groups in total. The number of hydrogen-bond acceptors (Lipinski definition) is 6. The van der Waals surface area contributed by atoms with Gasteiger partial charge in [-0.3, -0.25) is 14.9 Å². The molecular weight excluding hydrogens is 427 g/mol. The molecule has 4 rings (SSSR count). The van der Waals surface area contributed by atoms with Gasteiger partial charge in [0.25, 0.3) is 11.6 Å². The van der Waals surface area contributed by atoms with Gasteiger partial charge in [-0.25, -0.2) is 4.39 Å². The molecule has 33 heavy (non-hydrogen) atoms. The van der Waals surface area contributed by atoms with E-state index in [-0.39, 0.29) is 35.8 Å². The molecule has 9 heteroatoms. The zero-order chi connectivity index (χ0) is 23.5. The quantitative estimate of drug-likeness (QED) is 0.524. The van der Waals surface area contributed by atoms with Crippen molar-refractivity contribution >= 4 is 23.0 Å². The van der Waals surface area contributed by atoms with E-state index in [2.05, 4.69) is 10.2 Å². The number of benzene rings is 2. The van der Waals surface area contributed by atoms with Crippen molar-refractivity contribution in [1.82, 2.24) is 5.32 Å². The minimum Gasteiger partial charge on any atom is -0.372 e. The summed E-state index contributed by atoms with van der Waals surface area (Å²) in [6, 6.07) is 9.31. The van der Waals surface area contributed by atoms with Crippen LogP contribution in [0.4, 0.5) is 21.5 Å². The fourth-order valence-electron chi connectivity index (χ4n) is 4.62. The molecule has 2 unspecified atom stereocenters. The summed E-state index contributed by atoms with van der Waals surface area (Å²) in [6.07, 6.45) is 2.08. The van der Waals surface area contributed by atoms with Crippen LogP contribution in [0.1, 0.15) is 42.6 Å². The molecule has 0 aliphatic carbocycles. The number of ether oxygens (including phenoxy) is 1. The molecule has 0 saturated carbocycles. The average molecular weight is 457 g/mol. The number of hydrogen-bond donors (Lipinski definition) is 1. The molecule has 0 aromatic heterocycles. The topological polar surface area (TPSA) is 88.0 Å². The third-order valence-corrected chi connectivity index (χ3v) is 6.11. The van der Waals surface area contributed by atoms with Crippen molar-refractivity contribution in [1.29, 1.82) is 0 Å². The van der Waals surface area contributed by atoms with E-state index in [1.54, 1.807) is 18.2 Å². The first kappa shape index (κ1) is 23.0. The average Bonchev–Trinajstić information content (AvgIpc) is 3.31. The van der Waals surface area contributed by atoms with Gasteiger partial charge in [0.2, 0.25) is 0 Å². The minimum absolute atomic E-state index is 0.0202. The van der Waals surface area contributed by atoms with Gasteiger partial charge in [-0.1, -0.05) is 6.07 Å². The molecule has 2 atom stereocenters. The highest BCUT2D eigenvalue weighted by Gasteiger charge is 2.25. The fourth-order valence-corrected chi connectivity index (χ4v) is 4.62. The van der Waals surface area contributed by atoms with Gasteiger partial charge in [-0.05, 0) is 50.5 Å². The first-order chi connectivity index (χ1) is 15.8. The lowest BCUT2D eigenvalue weighted by Gasteiger charge is -2.37. The van der Waals surface area contributed by atoms with Crippen LogP contribution in [0.15, 0.2) is 36.4 Å². The van der Waals surface area contributed by atoms with Gasteiger partial charge >= 0.3 is 0 Å². The number of nitrogens with zero attached hydrogens (tertiary/aromatic N) is 3. The summed E-state index contributed by atoms with van der Waals surface area (Å²) in [6.45, 7) is 6.90. The summed E-state index contributed by atoms with van der Waals surface area (Å²) < 4.78 is 20.6. The van der Waals surface area contributed by atoms with E-state index in [4.69, 9.17) is 4.74 Å². The second-order valence-electron chi connectivity index (χ2n) is 8.78. The summed E-state index contributed by atoms with van der Waals surface area (Å²) in [5.74, 6) is -0.767. The molecule has 2 aromatic rings. The number of carbonyl (C=O) groups is 1. The summed E-state index contributed by atoms with van der Waals surface area (Å²) >= 11 is 0. The number of amides is 1. The highest BCUT2D eigenvalue weighted by atomic mass is 19.1.